The highest BCUT2D eigenvalue weighted by Crippen LogP contribution is 2.20. The smallest absolute Gasteiger partial charge is 0.255 e. The predicted molar refractivity (Wildman–Crippen MR) is 109 cm³/mol. The van der Waals surface area contributed by atoms with Crippen molar-refractivity contribution < 1.29 is 18.0 Å². The van der Waals surface area contributed by atoms with Gasteiger partial charge in [0.05, 0.1) is 4.90 Å². The molecular formula is C20H25N3O4S. The van der Waals surface area contributed by atoms with Gasteiger partial charge in [-0.1, -0.05) is 6.07 Å². The Morgan fingerprint density at radius 2 is 1.54 bits per heavy atom. The lowest BCUT2D eigenvalue weighted by atomic mass is 10.1. The van der Waals surface area contributed by atoms with E-state index >= 15 is 0 Å². The van der Waals surface area contributed by atoms with Gasteiger partial charge in [-0.25, -0.2) is 8.42 Å². The Bertz CT molecular complexity index is 983. The molecule has 2 N–H and O–H groups in total. The number of hydrogen-bond donors (Lipinski definition) is 2. The van der Waals surface area contributed by atoms with E-state index in [0.29, 0.717) is 16.8 Å². The van der Waals surface area contributed by atoms with Crippen molar-refractivity contribution in [3.63, 3.8) is 0 Å². The van der Waals surface area contributed by atoms with E-state index in [9.17, 15) is 18.0 Å². The maximum Gasteiger partial charge on any atom is 0.255 e. The summed E-state index contributed by atoms with van der Waals surface area (Å²) in [5.74, 6) is -0.641. The van der Waals surface area contributed by atoms with E-state index in [1.54, 1.807) is 32.0 Å². The van der Waals surface area contributed by atoms with Gasteiger partial charge in [0.1, 0.15) is 0 Å². The quantitative estimate of drug-likeness (QED) is 0.775. The molecule has 2 rings (SSSR count). The van der Waals surface area contributed by atoms with E-state index in [1.807, 2.05) is 6.92 Å². The molecule has 8 heteroatoms. The van der Waals surface area contributed by atoms with Gasteiger partial charge in [-0.2, -0.15) is 4.31 Å². The van der Waals surface area contributed by atoms with Crippen molar-refractivity contribution in [1.29, 1.82) is 0 Å². The second-order valence-electron chi connectivity index (χ2n) is 6.70. The normalized spacial score (nSPS) is 11.5. The van der Waals surface area contributed by atoms with Gasteiger partial charge in [0.2, 0.25) is 10.0 Å². The first-order valence-electron chi connectivity index (χ1n) is 8.80. The van der Waals surface area contributed by atoms with Crippen LogP contribution >= 0.6 is 0 Å². The van der Waals surface area contributed by atoms with Crippen molar-refractivity contribution >= 4 is 27.5 Å². The van der Waals surface area contributed by atoms with Gasteiger partial charge in [-0.15, -0.1) is 0 Å². The Morgan fingerprint density at radius 3 is 2.07 bits per heavy atom. The Kier molecular flexibility index (Phi) is 6.58. The number of carbonyl (C=O) groups is 2. The fourth-order valence-corrected chi connectivity index (χ4v) is 3.83. The summed E-state index contributed by atoms with van der Waals surface area (Å²) in [7, 11) is -0.556. The molecule has 0 unspecified atom stereocenters. The van der Waals surface area contributed by atoms with E-state index in [0.717, 1.165) is 5.56 Å². The van der Waals surface area contributed by atoms with Crippen LogP contribution in [-0.2, 0) is 10.0 Å². The zero-order valence-electron chi connectivity index (χ0n) is 16.6. The van der Waals surface area contributed by atoms with Gasteiger partial charge in [0.25, 0.3) is 11.8 Å². The third kappa shape index (κ3) is 4.58. The highest BCUT2D eigenvalue weighted by atomic mass is 32.2. The number of nitrogens with zero attached hydrogens (tertiary/aromatic N) is 1. The number of benzene rings is 2. The van der Waals surface area contributed by atoms with Gasteiger partial charge in [-0.3, -0.25) is 9.59 Å². The maximum absolute atomic E-state index is 12.5. The topological polar surface area (TPSA) is 95.6 Å². The molecular weight excluding hydrogens is 378 g/mol. The fourth-order valence-electron chi connectivity index (χ4n) is 2.46. The Morgan fingerprint density at radius 1 is 0.964 bits per heavy atom. The van der Waals surface area contributed by atoms with Crippen molar-refractivity contribution in [2.75, 3.05) is 19.4 Å². The lowest BCUT2D eigenvalue weighted by molar-refractivity contribution is 0.0961. The summed E-state index contributed by atoms with van der Waals surface area (Å²) in [5.41, 5.74) is 2.07. The fraction of sp³-hybridized carbons (Fsp3) is 0.300. The van der Waals surface area contributed by atoms with E-state index in [1.165, 1.54) is 42.7 Å². The van der Waals surface area contributed by atoms with Crippen LogP contribution in [0.4, 0.5) is 5.69 Å². The van der Waals surface area contributed by atoms with Crippen molar-refractivity contribution in [1.82, 2.24) is 9.62 Å². The van der Waals surface area contributed by atoms with Gasteiger partial charge >= 0.3 is 0 Å². The second-order valence-corrected chi connectivity index (χ2v) is 8.70. The standard InChI is InChI=1S/C20H25N3O4S/c1-13(2)23(5)28(26,27)17-10-8-15(9-11-17)20(25)22-18-12-16(19(24)21-4)7-6-14(18)3/h6-13H,1-5H3,(H,21,24)(H,22,25). The van der Waals surface area contributed by atoms with E-state index in [-0.39, 0.29) is 16.8 Å². The first-order valence-corrected chi connectivity index (χ1v) is 10.2. The minimum Gasteiger partial charge on any atom is -0.355 e. The number of rotatable bonds is 6. The summed E-state index contributed by atoms with van der Waals surface area (Å²) in [6, 6.07) is 10.6. The molecule has 7 nitrogen and oxygen atoms in total. The number of amides is 2. The molecule has 2 amide bonds. The van der Waals surface area contributed by atoms with Gasteiger partial charge in [0.15, 0.2) is 0 Å². The maximum atomic E-state index is 12.5. The van der Waals surface area contributed by atoms with E-state index in [4.69, 9.17) is 0 Å². The third-order valence-electron chi connectivity index (χ3n) is 4.50. The zero-order valence-corrected chi connectivity index (χ0v) is 17.4. The molecule has 0 aliphatic heterocycles. The summed E-state index contributed by atoms with van der Waals surface area (Å²) in [5, 5.41) is 5.30. The van der Waals surface area contributed by atoms with Gasteiger partial charge < -0.3 is 10.6 Å². The highest BCUT2D eigenvalue weighted by Gasteiger charge is 2.23. The number of hydrogen-bond acceptors (Lipinski definition) is 4. The van der Waals surface area contributed by atoms with Gasteiger partial charge in [0, 0.05) is 37.0 Å². The van der Waals surface area contributed by atoms with Crippen LogP contribution in [0.25, 0.3) is 0 Å². The predicted octanol–water partition coefficient (Wildman–Crippen LogP) is 2.64. The van der Waals surface area contributed by atoms with Crippen LogP contribution in [0.1, 0.15) is 40.1 Å². The van der Waals surface area contributed by atoms with Crippen molar-refractivity contribution in [2.45, 2.75) is 31.7 Å². The summed E-state index contributed by atoms with van der Waals surface area (Å²) in [4.78, 5) is 24.5. The largest absolute Gasteiger partial charge is 0.355 e. The molecule has 0 spiro atoms. The monoisotopic (exact) mass is 403 g/mol. The van der Waals surface area contributed by atoms with Crippen LogP contribution in [-0.4, -0.2) is 44.7 Å². The number of anilines is 1. The Labute approximate surface area is 165 Å². The molecule has 0 heterocycles. The van der Waals surface area contributed by atoms with Crippen molar-refractivity contribution in [3.8, 4) is 0 Å². The number of aryl methyl sites for hydroxylation is 1. The SMILES string of the molecule is CNC(=O)c1ccc(C)c(NC(=O)c2ccc(S(=O)(=O)N(C)C(C)C)cc2)c1. The summed E-state index contributed by atoms with van der Waals surface area (Å²) in [6.45, 7) is 5.39. The molecule has 2 aromatic rings. The zero-order chi connectivity index (χ0) is 21.1. The van der Waals surface area contributed by atoms with Crippen LogP contribution in [0.3, 0.4) is 0 Å². The average molecular weight is 404 g/mol. The molecule has 0 radical (unpaired) electrons. The highest BCUT2D eigenvalue weighted by molar-refractivity contribution is 7.89. The van der Waals surface area contributed by atoms with Crippen molar-refractivity contribution in [2.24, 2.45) is 0 Å². The molecule has 0 atom stereocenters. The lowest BCUT2D eigenvalue weighted by Gasteiger charge is -2.21. The molecule has 0 fully saturated rings. The van der Waals surface area contributed by atoms with E-state index in [2.05, 4.69) is 10.6 Å². The molecule has 150 valence electrons. The molecule has 0 aliphatic carbocycles. The lowest BCUT2D eigenvalue weighted by Crippen LogP contribution is -2.33. The van der Waals surface area contributed by atoms with E-state index < -0.39 is 15.9 Å². The molecule has 28 heavy (non-hydrogen) atoms. The first-order chi connectivity index (χ1) is 13.1. The number of nitrogens with one attached hydrogen (secondary N) is 2. The molecule has 0 saturated heterocycles. The minimum atomic E-state index is -3.61. The number of carbonyl (C=O) groups excluding carboxylic acids is 2. The summed E-state index contributed by atoms with van der Waals surface area (Å²) in [6.07, 6.45) is 0. The van der Waals surface area contributed by atoms with Crippen LogP contribution in [0.15, 0.2) is 47.4 Å². The number of sulfonamides is 1. The van der Waals surface area contributed by atoms with Crippen molar-refractivity contribution in [3.05, 3.63) is 59.2 Å². The van der Waals surface area contributed by atoms with Crippen LogP contribution in [0.5, 0.6) is 0 Å². The second kappa shape index (κ2) is 8.53. The van der Waals surface area contributed by atoms with Crippen LogP contribution < -0.4 is 10.6 Å². The first kappa shape index (κ1) is 21.6. The average Bonchev–Trinajstić information content (AvgIpc) is 2.68. The molecule has 0 aromatic heterocycles. The third-order valence-corrected chi connectivity index (χ3v) is 6.54. The molecule has 2 aromatic carbocycles. The molecule has 0 bridgehead atoms. The molecule has 0 saturated carbocycles. The minimum absolute atomic E-state index is 0.123. The Balaban J connectivity index is 2.24. The summed E-state index contributed by atoms with van der Waals surface area (Å²) < 4.78 is 26.3. The van der Waals surface area contributed by atoms with Crippen LogP contribution in [0, 0.1) is 6.92 Å². The summed E-state index contributed by atoms with van der Waals surface area (Å²) >= 11 is 0. The van der Waals surface area contributed by atoms with Crippen LogP contribution in [0.2, 0.25) is 0 Å². The Hall–Kier alpha value is -2.71. The molecule has 0 aliphatic rings. The van der Waals surface area contributed by atoms with Gasteiger partial charge in [-0.05, 0) is 62.7 Å².